The molecule has 0 fully saturated rings. The van der Waals surface area contributed by atoms with Gasteiger partial charge in [0.1, 0.15) is 11.5 Å². The maximum absolute atomic E-state index is 6.98. The largest absolute Gasteiger partial charge is 0.459 e. The van der Waals surface area contributed by atoms with Crippen LogP contribution in [-0.4, -0.2) is 0 Å². The number of benzene rings is 8. The van der Waals surface area contributed by atoms with Gasteiger partial charge in [0.15, 0.2) is 11.3 Å². The van der Waals surface area contributed by atoms with Crippen LogP contribution in [-0.2, 0) is 6.42 Å². The second kappa shape index (κ2) is 15.5. The van der Waals surface area contributed by atoms with Gasteiger partial charge in [0.25, 0.3) is 0 Å². The van der Waals surface area contributed by atoms with Gasteiger partial charge in [0.05, 0.1) is 22.7 Å². The number of para-hydroxylation sites is 2. The smallest absolute Gasteiger partial charge is 0.159 e. The molecule has 0 unspecified atom stereocenters. The molecule has 4 heteroatoms. The lowest BCUT2D eigenvalue weighted by Gasteiger charge is -2.32. The SMILES string of the molecule is C/C=C\C1=C(C)Oc2c(cccc2N(c2cc(C)c(C)c(C)c2)c2ccc3ccc4c(N(c5cc(C)c(C)c(C)c5)c5cccc6c7c(oc56)C(C)=CCC=C7)ccc5ccc2c3c54)C1. The van der Waals surface area contributed by atoms with Gasteiger partial charge in [-0.1, -0.05) is 91.0 Å². The molecule has 0 bridgehead atoms. The molecule has 1 aliphatic carbocycles. The number of hydrogen-bond donors (Lipinski definition) is 0. The summed E-state index contributed by atoms with van der Waals surface area (Å²) >= 11 is 0. The van der Waals surface area contributed by atoms with E-state index in [4.69, 9.17) is 9.15 Å². The average molecular weight is 847 g/mol. The number of allylic oxidation sites excluding steroid dienone is 7. The first-order valence-corrected chi connectivity index (χ1v) is 23.0. The third kappa shape index (κ3) is 6.41. The van der Waals surface area contributed by atoms with Crippen LogP contribution in [0, 0.1) is 41.5 Å². The molecule has 1 aliphatic heterocycles. The number of furan rings is 1. The van der Waals surface area contributed by atoms with E-state index in [1.54, 1.807) is 0 Å². The monoisotopic (exact) mass is 846 g/mol. The highest BCUT2D eigenvalue weighted by atomic mass is 16.5. The van der Waals surface area contributed by atoms with Crippen molar-refractivity contribution in [1.82, 2.24) is 0 Å². The van der Waals surface area contributed by atoms with Crippen molar-refractivity contribution in [3.63, 3.8) is 0 Å². The predicted octanol–water partition coefficient (Wildman–Crippen LogP) is 17.7. The molecule has 9 aromatic rings. The summed E-state index contributed by atoms with van der Waals surface area (Å²) in [5.74, 6) is 2.79. The van der Waals surface area contributed by atoms with E-state index in [0.29, 0.717) is 0 Å². The molecule has 4 nitrogen and oxygen atoms in total. The van der Waals surface area contributed by atoms with Gasteiger partial charge in [0.2, 0.25) is 0 Å². The summed E-state index contributed by atoms with van der Waals surface area (Å²) in [6, 6.07) is 41.1. The zero-order valence-electron chi connectivity index (χ0n) is 38.9. The van der Waals surface area contributed by atoms with Gasteiger partial charge in [-0.2, -0.15) is 0 Å². The highest BCUT2D eigenvalue weighted by molar-refractivity contribution is 6.28. The summed E-state index contributed by atoms with van der Waals surface area (Å²) in [4.78, 5) is 4.88. The zero-order valence-corrected chi connectivity index (χ0v) is 38.9. The molecule has 2 heterocycles. The fraction of sp³-hybridized carbons (Fsp3) is 0.180. The third-order valence-electron chi connectivity index (χ3n) is 14.4. The van der Waals surface area contributed by atoms with E-state index in [-0.39, 0.29) is 0 Å². The van der Waals surface area contributed by atoms with Crippen molar-refractivity contribution in [2.45, 2.75) is 75.2 Å². The number of fused-ring (bicyclic) bond motifs is 4. The van der Waals surface area contributed by atoms with E-state index < -0.39 is 0 Å². The lowest BCUT2D eigenvalue weighted by Crippen LogP contribution is -2.16. The molecule has 320 valence electrons. The van der Waals surface area contributed by atoms with E-state index >= 15 is 0 Å². The lowest BCUT2D eigenvalue weighted by molar-refractivity contribution is 0.407. The van der Waals surface area contributed by atoms with Gasteiger partial charge in [-0.05, 0) is 183 Å². The summed E-state index contributed by atoms with van der Waals surface area (Å²) < 4.78 is 13.8. The van der Waals surface area contributed by atoms with Crippen molar-refractivity contribution in [3.8, 4) is 5.75 Å². The maximum Gasteiger partial charge on any atom is 0.159 e. The van der Waals surface area contributed by atoms with E-state index in [1.807, 2.05) is 0 Å². The van der Waals surface area contributed by atoms with E-state index in [2.05, 4.69) is 212 Å². The number of nitrogens with zero attached hydrogens (tertiary/aromatic N) is 2. The van der Waals surface area contributed by atoms with Gasteiger partial charge >= 0.3 is 0 Å². The number of aryl methyl sites for hydroxylation is 4. The minimum absolute atomic E-state index is 0.818. The van der Waals surface area contributed by atoms with Crippen LogP contribution >= 0.6 is 0 Å². The summed E-state index contributed by atoms with van der Waals surface area (Å²) in [6.45, 7) is 19.6. The average Bonchev–Trinajstić information content (AvgIpc) is 3.58. The van der Waals surface area contributed by atoms with E-state index in [1.165, 1.54) is 76.8 Å². The number of ether oxygens (including phenoxy) is 1. The Labute approximate surface area is 382 Å². The zero-order chi connectivity index (χ0) is 44.8. The van der Waals surface area contributed by atoms with Crippen molar-refractivity contribution in [1.29, 1.82) is 0 Å². The summed E-state index contributed by atoms with van der Waals surface area (Å²) in [7, 11) is 0. The van der Waals surface area contributed by atoms with Crippen LogP contribution in [0.5, 0.6) is 5.75 Å². The van der Waals surface area contributed by atoms with Crippen LogP contribution in [0.25, 0.3) is 54.9 Å². The van der Waals surface area contributed by atoms with Crippen molar-refractivity contribution in [2.75, 3.05) is 9.80 Å². The topological polar surface area (TPSA) is 28.9 Å². The number of anilines is 6. The van der Waals surface area contributed by atoms with Gasteiger partial charge in [-0.15, -0.1) is 0 Å². The van der Waals surface area contributed by atoms with Crippen LogP contribution in [0.4, 0.5) is 34.1 Å². The van der Waals surface area contributed by atoms with E-state index in [9.17, 15) is 0 Å². The van der Waals surface area contributed by atoms with Crippen molar-refractivity contribution in [3.05, 3.63) is 195 Å². The van der Waals surface area contributed by atoms with Crippen LogP contribution in [0.1, 0.15) is 77.5 Å². The van der Waals surface area contributed by atoms with Crippen molar-refractivity contribution < 1.29 is 9.15 Å². The Kier molecular flexibility index (Phi) is 9.62. The fourth-order valence-electron chi connectivity index (χ4n) is 10.5. The van der Waals surface area contributed by atoms with Crippen LogP contribution in [0.15, 0.2) is 149 Å². The van der Waals surface area contributed by atoms with Crippen molar-refractivity contribution >= 4 is 89.1 Å². The first-order valence-electron chi connectivity index (χ1n) is 23.0. The van der Waals surface area contributed by atoms with Crippen LogP contribution in [0.2, 0.25) is 0 Å². The fourth-order valence-corrected chi connectivity index (χ4v) is 10.5. The number of hydrogen-bond acceptors (Lipinski definition) is 4. The Balaban J connectivity index is 1.18. The van der Waals surface area contributed by atoms with Gasteiger partial charge < -0.3 is 19.0 Å². The Hall–Kier alpha value is -7.30. The highest BCUT2D eigenvalue weighted by Gasteiger charge is 2.28. The quantitative estimate of drug-likeness (QED) is 0.149. The maximum atomic E-state index is 6.98. The molecule has 0 saturated carbocycles. The first-order chi connectivity index (χ1) is 31.5. The molecule has 0 amide bonds. The third-order valence-corrected chi connectivity index (χ3v) is 14.4. The summed E-state index contributed by atoms with van der Waals surface area (Å²) in [6.07, 6.45) is 12.7. The molecule has 1 aromatic heterocycles. The molecule has 0 spiro atoms. The Morgan fingerprint density at radius 1 is 0.569 bits per heavy atom. The molecule has 0 N–H and O–H groups in total. The molecule has 0 saturated heterocycles. The molecule has 65 heavy (non-hydrogen) atoms. The number of rotatable bonds is 7. The molecule has 11 rings (SSSR count). The Morgan fingerprint density at radius 2 is 1.12 bits per heavy atom. The molecule has 8 aromatic carbocycles. The van der Waals surface area contributed by atoms with Gasteiger partial charge in [-0.3, -0.25) is 0 Å². The predicted molar refractivity (Wildman–Crippen MR) is 277 cm³/mol. The second-order valence-electron chi connectivity index (χ2n) is 18.3. The minimum Gasteiger partial charge on any atom is -0.459 e. The second-order valence-corrected chi connectivity index (χ2v) is 18.3. The minimum atomic E-state index is 0.818. The highest BCUT2D eigenvalue weighted by Crippen LogP contribution is 2.52. The van der Waals surface area contributed by atoms with Crippen molar-refractivity contribution in [2.24, 2.45) is 0 Å². The van der Waals surface area contributed by atoms with Gasteiger partial charge in [0, 0.05) is 45.1 Å². The Bertz CT molecular complexity index is 3530. The normalized spacial score (nSPS) is 13.8. The molecule has 0 radical (unpaired) electrons. The molecular weight excluding hydrogens is 793 g/mol. The molecular formula is C61H54N2O2. The van der Waals surface area contributed by atoms with E-state index in [0.717, 1.165) is 86.3 Å². The summed E-state index contributed by atoms with van der Waals surface area (Å²) in [5.41, 5.74) is 19.7. The molecule has 0 atom stereocenters. The Morgan fingerprint density at radius 3 is 1.72 bits per heavy atom. The van der Waals surface area contributed by atoms with Gasteiger partial charge in [-0.25, -0.2) is 0 Å². The summed E-state index contributed by atoms with van der Waals surface area (Å²) in [5, 5.41) is 8.38. The first kappa shape index (κ1) is 40.5. The standard InChI is InChI=1S/C61H54N2O2/c1-10-15-45-34-46-17-13-20-55(60(46)64-42(45)9)62(47-30-36(3)40(7)37(4)31-47)53-28-24-43-23-27-52-54(29-25-44-22-26-51(53)57(43)58(44)52)63(48-32-38(5)41(8)39(6)33-48)56-21-14-19-50-49-18-12-11-16-35(2)59(49)65-61(50)56/h10,12-33H,11,34H2,1-9H3/b15-10-. The molecule has 2 aliphatic rings. The van der Waals surface area contributed by atoms with Crippen LogP contribution < -0.4 is 14.5 Å². The van der Waals surface area contributed by atoms with Crippen LogP contribution in [0.3, 0.4) is 0 Å². The lowest BCUT2D eigenvalue weighted by atomic mass is 9.91.